The molecule has 7 heteroatoms. The minimum absolute atomic E-state index is 0.00835. The number of phenols is 1. The Bertz CT molecular complexity index is 1360. The van der Waals surface area contributed by atoms with Crippen LogP contribution >= 0.6 is 0 Å². The fourth-order valence-electron chi connectivity index (χ4n) is 8.28. The molecule has 0 heterocycles. The number of nitrogens with two attached hydrogens (primary N) is 2. The molecule has 0 aliphatic heterocycles. The molecular formula is C38H53N3O4. The molecule has 0 spiro atoms. The van der Waals surface area contributed by atoms with Gasteiger partial charge in [0.1, 0.15) is 0 Å². The molecule has 5 N–H and O–H groups in total. The maximum absolute atomic E-state index is 12.9. The first-order chi connectivity index (χ1) is 21.8. The van der Waals surface area contributed by atoms with Crippen LogP contribution in [0.25, 0.3) is 0 Å². The Morgan fingerprint density at radius 2 is 2.00 bits per heavy atom. The van der Waals surface area contributed by atoms with Gasteiger partial charge in [0, 0.05) is 37.0 Å². The zero-order valence-corrected chi connectivity index (χ0v) is 27.5. The number of ether oxygens (including phenoxy) is 2. The van der Waals surface area contributed by atoms with E-state index in [4.69, 9.17) is 20.9 Å². The van der Waals surface area contributed by atoms with Crippen molar-refractivity contribution in [1.82, 2.24) is 0 Å². The first kappa shape index (κ1) is 33.1. The number of fused-ring (bicyclic) bond motifs is 6. The van der Waals surface area contributed by atoms with E-state index in [1.807, 2.05) is 12.1 Å². The maximum Gasteiger partial charge on any atom is 0.186 e. The second-order valence-electron chi connectivity index (χ2n) is 13.8. The number of hydrogen-bond donors (Lipinski definition) is 3. The summed E-state index contributed by atoms with van der Waals surface area (Å²) in [6.45, 7) is 5.00. The van der Waals surface area contributed by atoms with Crippen LogP contribution in [0.4, 0.5) is 0 Å². The van der Waals surface area contributed by atoms with Crippen molar-refractivity contribution < 1.29 is 19.4 Å². The molecule has 7 nitrogen and oxygen atoms in total. The van der Waals surface area contributed by atoms with Crippen LogP contribution in [-0.2, 0) is 16.0 Å². The number of rotatable bonds is 11. The zero-order chi connectivity index (χ0) is 31.9. The first-order valence-electron chi connectivity index (χ1n) is 17.3. The Kier molecular flexibility index (Phi) is 11.3. The van der Waals surface area contributed by atoms with E-state index < -0.39 is 0 Å². The standard InChI is InChI=1S/C38H53N3O4/c1-4-5-6-11-29(42)18-17-26-22-34(45-30-12-7-8-13-30)37(43)36-31(26)14-9-10-28(41-38(39)40)21-27-20-25-16-15-24(2)19-32(25)35(36)33(27)23-44-3/h6,11,20,22,24,27-28,30,32-33,35,43H,4-5,7-8,10,12-13,15-19,21,23H2,1-3H3,(H4,39,40,41)/t24-,27+,28+,32-,33-,35+/m1/s1. The molecule has 0 saturated heterocycles. The number of aliphatic imine (C=N–C) groups is 1. The van der Waals surface area contributed by atoms with Crippen LogP contribution < -0.4 is 16.2 Å². The lowest BCUT2D eigenvalue weighted by Gasteiger charge is -2.47. The monoisotopic (exact) mass is 615 g/mol. The number of carbonyl (C=O) groups excluding carboxylic acids is 1. The number of unbranched alkanes of at least 4 members (excludes halogenated alkanes) is 1. The molecule has 45 heavy (non-hydrogen) atoms. The predicted molar refractivity (Wildman–Crippen MR) is 180 cm³/mol. The fourth-order valence-corrected chi connectivity index (χ4v) is 8.28. The number of aromatic hydroxyl groups is 1. The van der Waals surface area contributed by atoms with Gasteiger partial charge in [-0.2, -0.15) is 0 Å². The van der Waals surface area contributed by atoms with Crippen LogP contribution in [0.5, 0.6) is 11.5 Å². The van der Waals surface area contributed by atoms with Crippen LogP contribution in [0.3, 0.4) is 0 Å². The van der Waals surface area contributed by atoms with Gasteiger partial charge in [-0.1, -0.05) is 49.8 Å². The van der Waals surface area contributed by atoms with Gasteiger partial charge in [0.25, 0.3) is 0 Å². The fraction of sp³-hybridized carbons (Fsp3) is 0.632. The van der Waals surface area contributed by atoms with Crippen molar-refractivity contribution in [3.63, 3.8) is 0 Å². The smallest absolute Gasteiger partial charge is 0.186 e. The van der Waals surface area contributed by atoms with E-state index in [9.17, 15) is 9.90 Å². The van der Waals surface area contributed by atoms with Crippen molar-refractivity contribution in [2.45, 2.75) is 115 Å². The van der Waals surface area contributed by atoms with Gasteiger partial charge in [0.15, 0.2) is 23.2 Å². The Labute approximate surface area is 269 Å². The summed E-state index contributed by atoms with van der Waals surface area (Å²) in [6.07, 6.45) is 17.8. The number of nitrogens with zero attached hydrogens (tertiary/aromatic N) is 1. The van der Waals surface area contributed by atoms with Crippen molar-refractivity contribution in [3.8, 4) is 23.3 Å². The largest absolute Gasteiger partial charge is 0.504 e. The number of hydrogen-bond acceptors (Lipinski definition) is 5. The zero-order valence-electron chi connectivity index (χ0n) is 27.5. The Morgan fingerprint density at radius 1 is 1.20 bits per heavy atom. The molecule has 0 radical (unpaired) electrons. The average Bonchev–Trinajstić information content (AvgIpc) is 3.51. The number of guanidine groups is 1. The topological polar surface area (TPSA) is 120 Å². The van der Waals surface area contributed by atoms with Gasteiger partial charge in [0.05, 0.1) is 18.8 Å². The number of ketones is 1. The minimum Gasteiger partial charge on any atom is -0.504 e. The molecule has 2 saturated carbocycles. The summed E-state index contributed by atoms with van der Waals surface area (Å²) < 4.78 is 12.5. The Morgan fingerprint density at radius 3 is 2.73 bits per heavy atom. The van der Waals surface area contributed by atoms with E-state index in [0.29, 0.717) is 37.5 Å². The molecule has 5 rings (SSSR count). The number of allylic oxidation sites excluding steroid dienone is 4. The summed E-state index contributed by atoms with van der Waals surface area (Å²) >= 11 is 0. The number of phenolic OH excluding ortho intramolecular Hbond substituents is 1. The molecule has 4 aliphatic carbocycles. The average molecular weight is 616 g/mol. The third-order valence-electron chi connectivity index (χ3n) is 10.4. The maximum atomic E-state index is 12.9. The highest BCUT2D eigenvalue weighted by Gasteiger charge is 2.46. The van der Waals surface area contributed by atoms with E-state index >= 15 is 0 Å². The van der Waals surface area contributed by atoms with Crippen LogP contribution in [0.15, 0.2) is 34.9 Å². The second-order valence-corrected chi connectivity index (χ2v) is 13.8. The van der Waals surface area contributed by atoms with Gasteiger partial charge in [-0.3, -0.25) is 4.79 Å². The molecule has 0 aromatic heterocycles. The minimum atomic E-state index is -0.141. The highest BCUT2D eigenvalue weighted by molar-refractivity contribution is 5.89. The normalized spacial score (nSPS) is 27.9. The van der Waals surface area contributed by atoms with Crippen molar-refractivity contribution in [2.24, 2.45) is 40.1 Å². The van der Waals surface area contributed by atoms with Crippen molar-refractivity contribution in [1.29, 1.82) is 0 Å². The molecule has 1 aromatic rings. The van der Waals surface area contributed by atoms with Crippen LogP contribution in [-0.4, -0.2) is 42.7 Å². The number of benzene rings is 1. The quantitative estimate of drug-likeness (QED) is 0.0838. The molecule has 1 aromatic carbocycles. The van der Waals surface area contributed by atoms with Gasteiger partial charge in [-0.25, -0.2) is 4.99 Å². The molecule has 244 valence electrons. The van der Waals surface area contributed by atoms with E-state index in [0.717, 1.165) is 80.9 Å². The first-order valence-corrected chi connectivity index (χ1v) is 17.3. The van der Waals surface area contributed by atoms with Crippen molar-refractivity contribution in [3.05, 3.63) is 46.6 Å². The van der Waals surface area contributed by atoms with E-state index in [2.05, 4.69) is 36.8 Å². The molecule has 0 amide bonds. The molecule has 2 bridgehead atoms. The summed E-state index contributed by atoms with van der Waals surface area (Å²) in [6, 6.07) is 1.83. The molecule has 2 fully saturated rings. The van der Waals surface area contributed by atoms with E-state index in [1.165, 1.54) is 5.57 Å². The summed E-state index contributed by atoms with van der Waals surface area (Å²) in [5.74, 6) is 8.96. The molecular weight excluding hydrogens is 562 g/mol. The van der Waals surface area contributed by atoms with Crippen LogP contribution in [0, 0.1) is 35.5 Å². The Balaban J connectivity index is 1.70. The summed E-state index contributed by atoms with van der Waals surface area (Å²) in [7, 11) is 1.76. The lowest BCUT2D eigenvalue weighted by Crippen LogP contribution is -2.39. The van der Waals surface area contributed by atoms with Crippen molar-refractivity contribution in [2.75, 3.05) is 13.7 Å². The van der Waals surface area contributed by atoms with E-state index in [1.54, 1.807) is 13.2 Å². The van der Waals surface area contributed by atoms with Gasteiger partial charge >= 0.3 is 0 Å². The number of carbonyl (C=O) groups is 1. The van der Waals surface area contributed by atoms with Crippen LogP contribution in [0.1, 0.15) is 114 Å². The summed E-state index contributed by atoms with van der Waals surface area (Å²) in [5, 5.41) is 12.3. The highest BCUT2D eigenvalue weighted by atomic mass is 16.5. The third kappa shape index (κ3) is 7.95. The highest BCUT2D eigenvalue weighted by Crippen LogP contribution is 2.56. The molecule has 0 unspecified atom stereocenters. The van der Waals surface area contributed by atoms with Gasteiger partial charge < -0.3 is 26.0 Å². The molecule has 4 aliphatic rings. The SMILES string of the molecule is CCCC=CC(=O)CCc1cc(OC2CCCC2)c(O)c2c1C#CC[C@H](N=C(N)N)C[C@@H]1C=C3CC[C@@H](C)C[C@H]3[C@H]2[C@@H]1COC. The summed E-state index contributed by atoms with van der Waals surface area (Å²) in [4.78, 5) is 17.5. The van der Waals surface area contributed by atoms with Crippen molar-refractivity contribution >= 4 is 11.7 Å². The summed E-state index contributed by atoms with van der Waals surface area (Å²) in [5.41, 5.74) is 16.0. The van der Waals surface area contributed by atoms with Gasteiger partial charge in [0.2, 0.25) is 0 Å². The predicted octanol–water partition coefficient (Wildman–Crippen LogP) is 6.70. The lowest BCUT2D eigenvalue weighted by molar-refractivity contribution is -0.114. The molecule has 6 atom stereocenters. The lowest BCUT2D eigenvalue weighted by atomic mass is 9.58. The van der Waals surface area contributed by atoms with Gasteiger partial charge in [-0.15, -0.1) is 0 Å². The van der Waals surface area contributed by atoms with Crippen LogP contribution in [0.2, 0.25) is 0 Å². The van der Waals surface area contributed by atoms with Gasteiger partial charge in [-0.05, 0) is 106 Å². The third-order valence-corrected chi connectivity index (χ3v) is 10.4. The second kappa shape index (κ2) is 15.4. The number of aryl methyl sites for hydroxylation is 1. The van der Waals surface area contributed by atoms with E-state index in [-0.39, 0.29) is 53.3 Å². The number of methoxy groups -OCH3 is 1. The Hall–Kier alpha value is -3.24.